The number of phenols is 1. The number of carboxylic acids is 7. The maximum absolute atomic E-state index is 10.4. The van der Waals surface area contributed by atoms with Crippen molar-refractivity contribution in [3.05, 3.63) is 29.8 Å². The van der Waals surface area contributed by atoms with Gasteiger partial charge in [-0.1, -0.05) is 12.1 Å². The molecule has 0 aliphatic heterocycles. The van der Waals surface area contributed by atoms with Crippen molar-refractivity contribution in [2.75, 3.05) is 0 Å². The van der Waals surface area contributed by atoms with E-state index >= 15 is 0 Å². The minimum absolute atomic E-state index is 0.0231. The Kier molecular flexibility index (Phi) is 23.6. The van der Waals surface area contributed by atoms with Crippen LogP contribution in [-0.4, -0.2) is 107 Å². The Balaban J connectivity index is -0.000000501. The van der Waals surface area contributed by atoms with Crippen LogP contribution in [0.5, 0.6) is 5.75 Å². The zero-order valence-corrected chi connectivity index (χ0v) is 22.8. The number of nitrogens with two attached hydrogens (primary N) is 4. The summed E-state index contributed by atoms with van der Waals surface area (Å²) in [7, 11) is 0. The molecule has 1 aromatic carbocycles. The molecule has 16 N–H and O–H groups in total. The number of hydrogen-bond donors (Lipinski definition) is 12. The molecule has 0 aliphatic rings. The monoisotopic (exact) mass is 622 g/mol. The lowest BCUT2D eigenvalue weighted by molar-refractivity contribution is -0.141. The number of aliphatic carboxylic acids is 7. The topological polar surface area (TPSA) is 385 Å². The fourth-order valence-electron chi connectivity index (χ4n) is 2.18. The quantitative estimate of drug-likeness (QED) is 0.102. The Labute approximate surface area is 244 Å². The molecule has 244 valence electrons. The first kappa shape index (κ1) is 42.6. The second-order valence-corrected chi connectivity index (χ2v) is 8.45. The molecular weight excluding hydrogens is 584 g/mol. The van der Waals surface area contributed by atoms with Gasteiger partial charge in [-0.3, -0.25) is 33.6 Å². The van der Waals surface area contributed by atoms with Gasteiger partial charge in [0, 0.05) is 19.3 Å². The van der Waals surface area contributed by atoms with E-state index in [0.717, 1.165) is 5.56 Å². The number of benzene rings is 1. The summed E-state index contributed by atoms with van der Waals surface area (Å²) in [4.78, 5) is 70.0. The summed E-state index contributed by atoms with van der Waals surface area (Å²) >= 11 is 0. The molecule has 4 atom stereocenters. The van der Waals surface area contributed by atoms with Crippen molar-refractivity contribution in [2.24, 2.45) is 22.9 Å². The second kappa shape index (κ2) is 23.8. The summed E-state index contributed by atoms with van der Waals surface area (Å²) in [5.41, 5.74) is 21.1. The standard InChI is InChI=1S/C9H11NO3.3C5H9NO4/c10-8(9(12)13)5-6-1-3-7(11)4-2-6;3*6-3(5(9)10)1-2-4(7)8/h1-4,8,11H,5,10H2,(H,12,13);3*3H,1-2,6H2,(H,7,8)(H,9,10)/t8-;3*3-/m0000/s1. The summed E-state index contributed by atoms with van der Waals surface area (Å²) in [5.74, 6) is -7.45. The van der Waals surface area contributed by atoms with Gasteiger partial charge in [-0.2, -0.15) is 0 Å². The molecule has 19 heteroatoms. The van der Waals surface area contributed by atoms with Crippen molar-refractivity contribution in [1.29, 1.82) is 0 Å². The third-order valence-corrected chi connectivity index (χ3v) is 4.67. The first-order valence-corrected chi connectivity index (χ1v) is 12.1. The van der Waals surface area contributed by atoms with E-state index in [4.69, 9.17) is 63.8 Å². The molecule has 0 fully saturated rings. The molecule has 0 aromatic heterocycles. The summed E-state index contributed by atoms with van der Waals surface area (Å²) in [6, 6.07) is 2.25. The molecule has 1 rings (SSSR count). The number of rotatable bonds is 15. The highest BCUT2D eigenvalue weighted by Gasteiger charge is 2.14. The lowest BCUT2D eigenvalue weighted by atomic mass is 10.1. The third-order valence-electron chi connectivity index (χ3n) is 4.67. The largest absolute Gasteiger partial charge is 0.508 e. The molecule has 0 saturated heterocycles. The first-order valence-electron chi connectivity index (χ1n) is 12.1. The maximum Gasteiger partial charge on any atom is 0.320 e. The van der Waals surface area contributed by atoms with Crippen LogP contribution in [0.15, 0.2) is 24.3 Å². The first-order chi connectivity index (χ1) is 19.7. The summed E-state index contributed by atoms with van der Waals surface area (Å²) < 4.78 is 0. The van der Waals surface area contributed by atoms with Crippen molar-refractivity contribution < 1.29 is 74.4 Å². The van der Waals surface area contributed by atoms with Gasteiger partial charge in [-0.15, -0.1) is 0 Å². The molecule has 0 spiro atoms. The number of carbonyl (C=O) groups is 7. The lowest BCUT2D eigenvalue weighted by Gasteiger charge is -2.05. The van der Waals surface area contributed by atoms with Gasteiger partial charge < -0.3 is 63.8 Å². The van der Waals surface area contributed by atoms with Gasteiger partial charge in [0.15, 0.2) is 0 Å². The van der Waals surface area contributed by atoms with E-state index in [9.17, 15) is 33.6 Å². The van der Waals surface area contributed by atoms with Crippen molar-refractivity contribution >= 4 is 41.8 Å². The zero-order valence-electron chi connectivity index (χ0n) is 22.8. The Hall–Kier alpha value is -4.85. The predicted octanol–water partition coefficient (Wildman–Crippen LogP) is -1.86. The summed E-state index contributed by atoms with van der Waals surface area (Å²) in [5, 5.41) is 66.3. The van der Waals surface area contributed by atoms with Crippen molar-refractivity contribution in [1.82, 2.24) is 0 Å². The molecule has 0 saturated carbocycles. The van der Waals surface area contributed by atoms with Crippen LogP contribution in [0, 0.1) is 0 Å². The van der Waals surface area contributed by atoms with Crippen molar-refractivity contribution in [3.8, 4) is 5.75 Å². The van der Waals surface area contributed by atoms with Gasteiger partial charge in [0.05, 0.1) is 0 Å². The van der Waals surface area contributed by atoms with Crippen LogP contribution in [0.1, 0.15) is 44.1 Å². The minimum atomic E-state index is -1.17. The molecule has 0 unspecified atom stereocenters. The fraction of sp³-hybridized carbons (Fsp3) is 0.458. The van der Waals surface area contributed by atoms with Crippen LogP contribution in [-0.2, 0) is 40.0 Å². The molecule has 43 heavy (non-hydrogen) atoms. The van der Waals surface area contributed by atoms with Gasteiger partial charge in [0.25, 0.3) is 0 Å². The summed E-state index contributed by atoms with van der Waals surface area (Å²) in [6.07, 6.45) is -0.399. The van der Waals surface area contributed by atoms with Crippen molar-refractivity contribution in [3.63, 3.8) is 0 Å². The molecule has 0 amide bonds. The number of carboxylic acid groups (broad SMARTS) is 7. The highest BCUT2D eigenvalue weighted by Crippen LogP contribution is 2.10. The van der Waals surface area contributed by atoms with Crippen LogP contribution < -0.4 is 22.9 Å². The second-order valence-electron chi connectivity index (χ2n) is 8.45. The van der Waals surface area contributed by atoms with E-state index in [1.54, 1.807) is 12.1 Å². The summed E-state index contributed by atoms with van der Waals surface area (Å²) in [6.45, 7) is 0. The SMILES string of the molecule is N[C@@H](CCC(=O)O)C(=O)O.N[C@@H](CCC(=O)O)C(=O)O.N[C@@H](CCC(=O)O)C(=O)O.N[C@@H](Cc1ccc(O)cc1)C(=O)O. The minimum Gasteiger partial charge on any atom is -0.508 e. The van der Waals surface area contributed by atoms with Gasteiger partial charge >= 0.3 is 41.8 Å². The van der Waals surface area contributed by atoms with Crippen LogP contribution in [0.4, 0.5) is 0 Å². The fourth-order valence-corrected chi connectivity index (χ4v) is 2.18. The van der Waals surface area contributed by atoms with Gasteiger partial charge in [0.2, 0.25) is 0 Å². The number of phenolic OH excluding ortho intramolecular Hbond substituents is 1. The highest BCUT2D eigenvalue weighted by molar-refractivity contribution is 5.76. The predicted molar refractivity (Wildman–Crippen MR) is 145 cm³/mol. The van der Waals surface area contributed by atoms with Crippen LogP contribution in [0.2, 0.25) is 0 Å². The Morgan fingerprint density at radius 2 is 0.744 bits per heavy atom. The third kappa shape index (κ3) is 28.5. The van der Waals surface area contributed by atoms with Crippen molar-refractivity contribution in [2.45, 2.75) is 69.1 Å². The Morgan fingerprint density at radius 3 is 0.953 bits per heavy atom. The molecule has 0 heterocycles. The van der Waals surface area contributed by atoms with E-state index in [-0.39, 0.29) is 50.7 Å². The maximum atomic E-state index is 10.4. The van der Waals surface area contributed by atoms with E-state index in [2.05, 4.69) is 0 Å². The number of aromatic hydroxyl groups is 1. The molecule has 0 bridgehead atoms. The smallest absolute Gasteiger partial charge is 0.320 e. The highest BCUT2D eigenvalue weighted by atomic mass is 16.4. The average Bonchev–Trinajstić information content (AvgIpc) is 2.90. The van der Waals surface area contributed by atoms with Gasteiger partial charge in [-0.05, 0) is 43.4 Å². The van der Waals surface area contributed by atoms with Gasteiger partial charge in [-0.25, -0.2) is 0 Å². The molecule has 0 aliphatic carbocycles. The van der Waals surface area contributed by atoms with E-state index in [0.29, 0.717) is 0 Å². The zero-order chi connectivity index (χ0) is 34.3. The van der Waals surface area contributed by atoms with E-state index < -0.39 is 66.0 Å². The average molecular weight is 623 g/mol. The molecule has 19 nitrogen and oxygen atoms in total. The molecular formula is C24H38N4O15. The Morgan fingerprint density at radius 1 is 0.488 bits per heavy atom. The molecule has 1 aromatic rings. The lowest BCUT2D eigenvalue weighted by Crippen LogP contribution is -2.32. The van der Waals surface area contributed by atoms with E-state index in [1.165, 1.54) is 12.1 Å². The van der Waals surface area contributed by atoms with Crippen LogP contribution in [0.25, 0.3) is 0 Å². The van der Waals surface area contributed by atoms with Gasteiger partial charge in [0.1, 0.15) is 29.9 Å². The number of hydrogen-bond acceptors (Lipinski definition) is 12. The van der Waals surface area contributed by atoms with Crippen LogP contribution >= 0.6 is 0 Å². The molecule has 0 radical (unpaired) electrons. The van der Waals surface area contributed by atoms with E-state index in [1.807, 2.05) is 0 Å². The Bertz CT molecular complexity index is 969. The van der Waals surface area contributed by atoms with Crippen LogP contribution in [0.3, 0.4) is 0 Å². The normalized spacial score (nSPS) is 12.5.